The number of carbonyl (C=O) groups excluding carboxylic acids is 3. The molecule has 148 valence electrons. The zero-order chi connectivity index (χ0) is 20.3. The van der Waals surface area contributed by atoms with Crippen LogP contribution in [0, 0.1) is 5.41 Å². The standard InChI is InChI=1S/C21H26N4O3/c1-21(2,3)20(28)25-12-6-11-24(13-14-25)19(27)18(26)23-16-9-4-7-15-8-5-10-22-17(15)16/h4-5,7-10H,6,11-14H2,1-3H3,(H,23,26). The maximum absolute atomic E-state index is 12.7. The lowest BCUT2D eigenvalue weighted by molar-refractivity contribution is -0.143. The van der Waals surface area contributed by atoms with Gasteiger partial charge in [-0.2, -0.15) is 0 Å². The molecule has 0 aliphatic carbocycles. The number of aromatic nitrogens is 1. The Bertz CT molecular complexity index is 899. The van der Waals surface area contributed by atoms with Crippen LogP contribution >= 0.6 is 0 Å². The number of pyridine rings is 1. The molecule has 7 heteroatoms. The van der Waals surface area contributed by atoms with Gasteiger partial charge in [0.15, 0.2) is 0 Å². The lowest BCUT2D eigenvalue weighted by Crippen LogP contribution is -2.44. The number of para-hydroxylation sites is 1. The highest BCUT2D eigenvalue weighted by molar-refractivity contribution is 6.40. The van der Waals surface area contributed by atoms with Gasteiger partial charge in [-0.25, -0.2) is 0 Å². The number of anilines is 1. The molecular formula is C21H26N4O3. The van der Waals surface area contributed by atoms with Gasteiger partial charge in [0, 0.05) is 43.2 Å². The number of benzene rings is 1. The smallest absolute Gasteiger partial charge is 0.313 e. The largest absolute Gasteiger partial charge is 0.340 e. The summed E-state index contributed by atoms with van der Waals surface area (Å²) < 4.78 is 0. The molecule has 0 saturated carbocycles. The molecule has 7 nitrogen and oxygen atoms in total. The molecule has 1 aromatic heterocycles. The van der Waals surface area contributed by atoms with Crippen molar-refractivity contribution in [2.45, 2.75) is 27.2 Å². The predicted molar refractivity (Wildman–Crippen MR) is 108 cm³/mol. The molecule has 3 rings (SSSR count). The van der Waals surface area contributed by atoms with Gasteiger partial charge in [-0.3, -0.25) is 19.4 Å². The van der Waals surface area contributed by atoms with Crippen molar-refractivity contribution in [2.75, 3.05) is 31.5 Å². The molecule has 0 atom stereocenters. The molecule has 2 heterocycles. The van der Waals surface area contributed by atoms with Crippen molar-refractivity contribution < 1.29 is 14.4 Å². The Hall–Kier alpha value is -2.96. The van der Waals surface area contributed by atoms with E-state index in [1.807, 2.05) is 45.0 Å². The van der Waals surface area contributed by atoms with Crippen molar-refractivity contribution in [1.82, 2.24) is 14.8 Å². The number of hydrogen-bond acceptors (Lipinski definition) is 4. The Kier molecular flexibility index (Phi) is 5.63. The number of nitrogens with one attached hydrogen (secondary N) is 1. The molecule has 1 N–H and O–H groups in total. The molecule has 0 radical (unpaired) electrons. The molecule has 28 heavy (non-hydrogen) atoms. The summed E-state index contributed by atoms with van der Waals surface area (Å²) in [5.74, 6) is -1.21. The number of amides is 3. The number of carbonyl (C=O) groups is 3. The Morgan fingerprint density at radius 2 is 1.64 bits per heavy atom. The van der Waals surface area contributed by atoms with E-state index in [2.05, 4.69) is 10.3 Å². The first-order valence-corrected chi connectivity index (χ1v) is 9.51. The Morgan fingerprint density at radius 3 is 2.39 bits per heavy atom. The van der Waals surface area contributed by atoms with E-state index in [-0.39, 0.29) is 5.91 Å². The first-order chi connectivity index (χ1) is 13.3. The van der Waals surface area contributed by atoms with Gasteiger partial charge in [0.05, 0.1) is 11.2 Å². The number of nitrogens with zero attached hydrogens (tertiary/aromatic N) is 3. The van der Waals surface area contributed by atoms with Crippen LogP contribution in [0.1, 0.15) is 27.2 Å². The van der Waals surface area contributed by atoms with Gasteiger partial charge < -0.3 is 15.1 Å². The summed E-state index contributed by atoms with van der Waals surface area (Å²) in [6.07, 6.45) is 2.30. The van der Waals surface area contributed by atoms with E-state index in [0.29, 0.717) is 43.8 Å². The second kappa shape index (κ2) is 7.96. The monoisotopic (exact) mass is 382 g/mol. The summed E-state index contributed by atoms with van der Waals surface area (Å²) >= 11 is 0. The average Bonchev–Trinajstić information content (AvgIpc) is 2.92. The van der Waals surface area contributed by atoms with Crippen LogP contribution in [0.3, 0.4) is 0 Å². The molecule has 0 unspecified atom stereocenters. The summed E-state index contributed by atoms with van der Waals surface area (Å²) in [7, 11) is 0. The minimum atomic E-state index is -0.686. The fourth-order valence-electron chi connectivity index (χ4n) is 3.32. The van der Waals surface area contributed by atoms with Gasteiger partial charge in [-0.15, -0.1) is 0 Å². The second-order valence-electron chi connectivity index (χ2n) is 8.02. The maximum atomic E-state index is 12.7. The molecular weight excluding hydrogens is 356 g/mol. The van der Waals surface area contributed by atoms with Crippen LogP contribution in [0.5, 0.6) is 0 Å². The molecule has 0 spiro atoms. The quantitative estimate of drug-likeness (QED) is 0.767. The number of fused-ring (bicyclic) bond motifs is 1. The van der Waals surface area contributed by atoms with Crippen LogP contribution in [0.2, 0.25) is 0 Å². The van der Waals surface area contributed by atoms with Gasteiger partial charge in [-0.05, 0) is 18.6 Å². The van der Waals surface area contributed by atoms with Crippen molar-refractivity contribution in [3.8, 4) is 0 Å². The fraction of sp³-hybridized carbons (Fsp3) is 0.429. The normalized spacial score (nSPS) is 15.2. The van der Waals surface area contributed by atoms with Crippen LogP contribution in [0.15, 0.2) is 36.5 Å². The average molecular weight is 382 g/mol. The van der Waals surface area contributed by atoms with Crippen LogP contribution in [-0.4, -0.2) is 58.7 Å². The van der Waals surface area contributed by atoms with Crippen LogP contribution in [0.25, 0.3) is 10.9 Å². The molecule has 1 aromatic carbocycles. The second-order valence-corrected chi connectivity index (χ2v) is 8.02. The summed E-state index contributed by atoms with van der Waals surface area (Å²) in [5, 5.41) is 3.58. The summed E-state index contributed by atoms with van der Waals surface area (Å²) in [5.41, 5.74) is 0.692. The maximum Gasteiger partial charge on any atom is 0.313 e. The highest BCUT2D eigenvalue weighted by Crippen LogP contribution is 2.21. The minimum absolute atomic E-state index is 0.0630. The molecule has 3 amide bonds. The van der Waals surface area contributed by atoms with Crippen molar-refractivity contribution in [1.29, 1.82) is 0 Å². The van der Waals surface area contributed by atoms with Crippen molar-refractivity contribution in [3.63, 3.8) is 0 Å². The van der Waals surface area contributed by atoms with Gasteiger partial charge in [0.1, 0.15) is 0 Å². The van der Waals surface area contributed by atoms with Crippen LogP contribution in [0.4, 0.5) is 5.69 Å². The van der Waals surface area contributed by atoms with E-state index in [4.69, 9.17) is 0 Å². The van der Waals surface area contributed by atoms with Crippen molar-refractivity contribution >= 4 is 34.3 Å². The Labute approximate surface area is 164 Å². The van der Waals surface area contributed by atoms with E-state index in [1.54, 1.807) is 17.2 Å². The minimum Gasteiger partial charge on any atom is -0.340 e. The first-order valence-electron chi connectivity index (χ1n) is 9.51. The zero-order valence-electron chi connectivity index (χ0n) is 16.6. The highest BCUT2D eigenvalue weighted by Gasteiger charge is 2.30. The van der Waals surface area contributed by atoms with Crippen LogP contribution < -0.4 is 5.32 Å². The third-order valence-corrected chi connectivity index (χ3v) is 4.79. The van der Waals surface area contributed by atoms with Gasteiger partial charge in [0.2, 0.25) is 5.91 Å². The van der Waals surface area contributed by atoms with Crippen LogP contribution in [-0.2, 0) is 14.4 Å². The summed E-state index contributed by atoms with van der Waals surface area (Å²) in [6.45, 7) is 7.48. The number of rotatable bonds is 1. The summed E-state index contributed by atoms with van der Waals surface area (Å²) in [4.78, 5) is 45.3. The highest BCUT2D eigenvalue weighted by atomic mass is 16.2. The SMILES string of the molecule is CC(C)(C)C(=O)N1CCCN(C(=O)C(=O)Nc2cccc3cccnc23)CC1. The third kappa shape index (κ3) is 4.30. The molecule has 1 fully saturated rings. The van der Waals surface area contributed by atoms with Gasteiger partial charge in [0.25, 0.3) is 0 Å². The van der Waals surface area contributed by atoms with Crippen molar-refractivity contribution in [3.05, 3.63) is 36.5 Å². The number of hydrogen-bond donors (Lipinski definition) is 1. The topological polar surface area (TPSA) is 82.6 Å². The fourth-order valence-corrected chi connectivity index (χ4v) is 3.32. The molecule has 0 bridgehead atoms. The molecule has 1 aliphatic heterocycles. The molecule has 1 saturated heterocycles. The van der Waals surface area contributed by atoms with Gasteiger partial charge >= 0.3 is 11.8 Å². The third-order valence-electron chi connectivity index (χ3n) is 4.79. The molecule has 2 aromatic rings. The zero-order valence-corrected chi connectivity index (χ0v) is 16.6. The predicted octanol–water partition coefficient (Wildman–Crippen LogP) is 2.28. The van der Waals surface area contributed by atoms with E-state index in [9.17, 15) is 14.4 Å². The lowest BCUT2D eigenvalue weighted by atomic mass is 9.94. The lowest BCUT2D eigenvalue weighted by Gasteiger charge is -2.28. The summed E-state index contributed by atoms with van der Waals surface area (Å²) in [6, 6.07) is 9.16. The Balaban J connectivity index is 1.67. The van der Waals surface area contributed by atoms with E-state index in [0.717, 1.165) is 5.39 Å². The van der Waals surface area contributed by atoms with Gasteiger partial charge in [-0.1, -0.05) is 39.0 Å². The van der Waals surface area contributed by atoms with E-state index in [1.165, 1.54) is 4.90 Å². The Morgan fingerprint density at radius 1 is 0.964 bits per heavy atom. The van der Waals surface area contributed by atoms with E-state index >= 15 is 0 Å². The molecule has 1 aliphatic rings. The van der Waals surface area contributed by atoms with E-state index < -0.39 is 17.2 Å². The van der Waals surface area contributed by atoms with Crippen molar-refractivity contribution in [2.24, 2.45) is 5.41 Å². The first kappa shape index (κ1) is 19.8.